The summed E-state index contributed by atoms with van der Waals surface area (Å²) in [6.45, 7) is 11.2. The standard InChI is InChI=1S/C17H17ClFNO4.C15H18N6O6S.C8H14ClN5.C5H12NO4P/c1-9(2)15-16(21)20(17(22)24-15)13-8-14(11(18)7-12(13)19)23-10-5-3-4-6-10;1-21(2)13(22)9-6-5-7-16-12(9)28(24,25)20-15(23)19-14-17-10(26-3)8-11(18-14)27-4;1-4-10-7-12-6(9)13-8(14-7)11-5(2)3;1-11(9,10)3-2-4(6)5(7)8/h7-8,10H,3-6H2,1-2H3;5-8H,1-4H3,(H2,17,18,19,20,23);5H,4H2,1-3H3,(H2,10,11,12,13,14);4H,2-3,6H2,1H3,(H,7,8)(H,9,10). The number of nitrogens with two attached hydrogens (primary N) is 1. The fraction of sp³-hybridized carbons (Fsp3) is 0.444. The molecule has 1 aliphatic carbocycles. The maximum Gasteiger partial charge on any atom is 0.427 e. The van der Waals surface area contributed by atoms with Crippen molar-refractivity contribution in [3.8, 4) is 17.5 Å². The highest BCUT2D eigenvalue weighted by Crippen LogP contribution is 2.38. The van der Waals surface area contributed by atoms with E-state index in [1.54, 1.807) is 18.6 Å². The number of carbonyl (C=O) groups is 5. The van der Waals surface area contributed by atoms with E-state index in [4.69, 9.17) is 57.9 Å². The summed E-state index contributed by atoms with van der Waals surface area (Å²) < 4.78 is 72.4. The molecule has 0 spiro atoms. The number of pyridine rings is 1. The smallest absolute Gasteiger partial charge is 0.427 e. The second-order valence-electron chi connectivity index (χ2n) is 17.1. The minimum atomic E-state index is -4.46. The number of carboxylic acids is 1. The van der Waals surface area contributed by atoms with Crippen molar-refractivity contribution in [3.05, 3.63) is 69.5 Å². The molecule has 2 fully saturated rings. The number of aliphatic carboxylic acids is 1. The summed E-state index contributed by atoms with van der Waals surface area (Å²) in [6.07, 6.45) is 4.19. The molecule has 32 heteroatoms. The number of imide groups is 1. The van der Waals surface area contributed by atoms with Crippen molar-refractivity contribution in [2.45, 2.75) is 89.9 Å². The predicted octanol–water partition coefficient (Wildman–Crippen LogP) is 6.14. The summed E-state index contributed by atoms with van der Waals surface area (Å²) in [6, 6.07) is 4.46. The van der Waals surface area contributed by atoms with Gasteiger partial charge in [0.2, 0.25) is 34.9 Å². The van der Waals surface area contributed by atoms with Gasteiger partial charge in [-0.3, -0.25) is 24.3 Å². The molecule has 6 rings (SSSR count). The first-order valence-corrected chi connectivity index (χ1v) is 27.6. The number of anilines is 4. The fourth-order valence-corrected chi connectivity index (χ4v) is 8.39. The van der Waals surface area contributed by atoms with Crippen LogP contribution in [0.25, 0.3) is 0 Å². The highest BCUT2D eigenvalue weighted by molar-refractivity contribution is 7.90. The molecule has 27 nitrogen and oxygen atoms in total. The zero-order valence-electron chi connectivity index (χ0n) is 43.6. The first-order valence-electron chi connectivity index (χ1n) is 23.1. The van der Waals surface area contributed by atoms with Gasteiger partial charge in [-0.1, -0.05) is 11.6 Å². The van der Waals surface area contributed by atoms with E-state index in [-0.39, 0.29) is 75.5 Å². The molecule has 1 saturated carbocycles. The van der Waals surface area contributed by atoms with Crippen LogP contribution in [0.5, 0.6) is 17.5 Å². The van der Waals surface area contributed by atoms with Crippen LogP contribution in [0.2, 0.25) is 10.3 Å². The number of ether oxygens (including phenoxy) is 4. The van der Waals surface area contributed by atoms with Crippen molar-refractivity contribution in [1.29, 1.82) is 0 Å². The van der Waals surface area contributed by atoms with E-state index >= 15 is 0 Å². The third-order valence-corrected chi connectivity index (χ3v) is 12.6. The lowest BCUT2D eigenvalue weighted by Crippen LogP contribution is -2.36. The fourth-order valence-electron chi connectivity index (χ4n) is 6.24. The van der Waals surface area contributed by atoms with Gasteiger partial charge in [-0.2, -0.15) is 33.3 Å². The summed E-state index contributed by atoms with van der Waals surface area (Å²) in [5.74, 6) is -2.14. The number of methoxy groups -OCH3 is 2. The van der Waals surface area contributed by atoms with Crippen LogP contribution in [0.4, 0.5) is 37.5 Å². The van der Waals surface area contributed by atoms with Crippen LogP contribution in [-0.2, 0) is 28.9 Å². The minimum Gasteiger partial charge on any atom is -0.489 e. The van der Waals surface area contributed by atoms with Crippen LogP contribution in [0, 0.1) is 5.82 Å². The molecule has 77 heavy (non-hydrogen) atoms. The molecule has 2 unspecified atom stereocenters. The van der Waals surface area contributed by atoms with Gasteiger partial charge in [0, 0.05) is 51.8 Å². The summed E-state index contributed by atoms with van der Waals surface area (Å²) in [5.41, 5.74) is 5.22. The number of carbonyl (C=O) groups excluding carboxylic acids is 4. The predicted molar refractivity (Wildman–Crippen MR) is 282 cm³/mol. The first kappa shape index (κ1) is 64.2. The normalized spacial score (nSPS) is 14.2. The second kappa shape index (κ2) is 29.5. The maximum absolute atomic E-state index is 14.3. The Morgan fingerprint density at radius 2 is 1.61 bits per heavy atom. The van der Waals surface area contributed by atoms with E-state index in [0.717, 1.165) is 38.3 Å². The van der Waals surface area contributed by atoms with E-state index in [2.05, 4.69) is 45.9 Å². The van der Waals surface area contributed by atoms with Crippen molar-refractivity contribution in [2.24, 2.45) is 5.73 Å². The SMILES string of the molecule is CC(C)=C1OC(=O)N(c2cc(OC3CCCC3)c(Cl)cc2F)C1=O.CCNc1nc(Cl)nc(NC(C)C)n1.COc1cc(OC)nc(NC(=O)NS(=O)(=O)c2ncccc2C(=O)N(C)C)n1.CP(=O)(O)CCC(N)C(=O)O. The molecule has 1 aromatic carbocycles. The number of allylic oxidation sites excluding steroid dienone is 1. The van der Waals surface area contributed by atoms with E-state index in [1.165, 1.54) is 70.3 Å². The average Bonchev–Trinajstić information content (AvgIpc) is 3.97. The highest BCUT2D eigenvalue weighted by Gasteiger charge is 2.40. The number of sulfonamides is 1. The number of hydrogen-bond acceptors (Lipinski definition) is 21. The van der Waals surface area contributed by atoms with Crippen molar-refractivity contribution in [2.75, 3.05) is 68.5 Å². The number of benzene rings is 1. The number of aromatic nitrogens is 6. The van der Waals surface area contributed by atoms with Gasteiger partial charge in [0.15, 0.2) is 18.2 Å². The molecular weight excluding hydrogens is 1100 g/mol. The Morgan fingerprint density at radius 3 is 2.13 bits per heavy atom. The molecule has 4 heterocycles. The van der Waals surface area contributed by atoms with E-state index in [9.17, 15) is 41.3 Å². The number of nitrogens with one attached hydrogen (secondary N) is 4. The number of carboxylic acid groups (broad SMARTS) is 1. The number of urea groups is 1. The van der Waals surface area contributed by atoms with E-state index in [1.807, 2.05) is 20.8 Å². The number of halogens is 3. The molecule has 2 aliphatic rings. The Kier molecular flexibility index (Phi) is 24.6. The van der Waals surface area contributed by atoms with Gasteiger partial charge in [0.1, 0.15) is 17.6 Å². The zero-order valence-corrected chi connectivity index (χ0v) is 46.8. The molecule has 1 aliphatic heterocycles. The molecule has 422 valence electrons. The summed E-state index contributed by atoms with van der Waals surface area (Å²) >= 11 is 11.8. The van der Waals surface area contributed by atoms with Gasteiger partial charge in [-0.15, -0.1) is 0 Å². The molecule has 0 radical (unpaired) electrons. The Bertz CT molecular complexity index is 2930. The Hall–Kier alpha value is -7.04. The largest absolute Gasteiger partial charge is 0.489 e. The topological polar surface area (TPSA) is 372 Å². The molecule has 3 aromatic heterocycles. The van der Waals surface area contributed by atoms with Crippen molar-refractivity contribution in [1.82, 2.24) is 39.5 Å². The van der Waals surface area contributed by atoms with Gasteiger partial charge >= 0.3 is 24.0 Å². The summed E-state index contributed by atoms with van der Waals surface area (Å²) in [5, 5.41) is 16.2. The molecular formula is C45H61Cl2FN13O14PS. The van der Waals surface area contributed by atoms with E-state index in [0.29, 0.717) is 22.4 Å². The van der Waals surface area contributed by atoms with Crippen LogP contribution < -0.4 is 45.5 Å². The van der Waals surface area contributed by atoms with Crippen LogP contribution in [0.1, 0.15) is 77.1 Å². The second-order valence-corrected chi connectivity index (χ2v) is 22.0. The molecule has 4 aromatic rings. The average molecular weight is 1160 g/mol. The van der Waals surface area contributed by atoms with Crippen molar-refractivity contribution < 1.29 is 70.3 Å². The Morgan fingerprint density at radius 1 is 1.00 bits per heavy atom. The van der Waals surface area contributed by atoms with Crippen LogP contribution in [0.3, 0.4) is 0 Å². The molecule has 1 saturated heterocycles. The van der Waals surface area contributed by atoms with Gasteiger partial charge in [0.25, 0.3) is 15.9 Å². The Labute approximate surface area is 453 Å². The number of amides is 5. The lowest BCUT2D eigenvalue weighted by molar-refractivity contribution is -0.138. The highest BCUT2D eigenvalue weighted by atomic mass is 35.5. The van der Waals surface area contributed by atoms with Gasteiger partial charge in [0.05, 0.1) is 42.7 Å². The number of cyclic esters (lactones) is 1. The molecule has 0 bridgehead atoms. The summed E-state index contributed by atoms with van der Waals surface area (Å²) in [4.78, 5) is 92.8. The number of hydrogen-bond donors (Lipinski definition) is 7. The van der Waals surface area contributed by atoms with Crippen molar-refractivity contribution in [3.63, 3.8) is 0 Å². The maximum atomic E-state index is 14.3. The lowest BCUT2D eigenvalue weighted by atomic mass is 10.2. The van der Waals surface area contributed by atoms with E-state index < -0.39 is 64.2 Å². The zero-order chi connectivity index (χ0) is 57.9. The quantitative estimate of drug-likeness (QED) is 0.0460. The number of rotatable bonds is 17. The minimum absolute atomic E-state index is 0.00962. The third-order valence-electron chi connectivity index (χ3n) is 9.81. The monoisotopic (exact) mass is 1160 g/mol. The summed E-state index contributed by atoms with van der Waals surface area (Å²) in [7, 11) is -1.95. The Balaban J connectivity index is 0.000000288. The first-order chi connectivity index (χ1) is 36.0. The molecule has 8 N–H and O–H groups in total. The van der Waals surface area contributed by atoms with Gasteiger partial charge in [-0.25, -0.2) is 28.6 Å². The van der Waals surface area contributed by atoms with Gasteiger partial charge in [-0.05, 0) is 102 Å². The van der Waals surface area contributed by atoms with Gasteiger partial charge < -0.3 is 50.2 Å². The number of nitrogens with zero attached hydrogens (tertiary/aromatic N) is 8. The van der Waals surface area contributed by atoms with Crippen molar-refractivity contribution >= 4 is 94.0 Å². The lowest BCUT2D eigenvalue weighted by Gasteiger charge is -2.18. The van der Waals surface area contributed by atoms with Crippen LogP contribution in [0.15, 0.2) is 52.9 Å². The van der Waals surface area contributed by atoms with Crippen LogP contribution in [-0.4, -0.2) is 149 Å². The third kappa shape index (κ3) is 20.5. The van der Waals surface area contributed by atoms with Crippen LogP contribution >= 0.6 is 30.6 Å². The molecule has 5 amide bonds. The molecule has 2 atom stereocenters.